The third kappa shape index (κ3) is 5.42. The van der Waals surface area contributed by atoms with Crippen LogP contribution in [0.2, 0.25) is 0 Å². The normalized spacial score (nSPS) is 17.4. The van der Waals surface area contributed by atoms with Gasteiger partial charge in [-0.3, -0.25) is 4.52 Å². The van der Waals surface area contributed by atoms with Crippen molar-refractivity contribution in [3.8, 4) is 0 Å². The molecule has 0 spiro atoms. The Kier molecular flexibility index (Phi) is 5.84. The topological polar surface area (TPSA) is 87.0 Å². The third-order valence-corrected chi connectivity index (χ3v) is 2.35. The van der Waals surface area contributed by atoms with Gasteiger partial charge in [-0.05, 0) is 0 Å². The summed E-state index contributed by atoms with van der Waals surface area (Å²) >= 11 is 7.50. The van der Waals surface area contributed by atoms with Crippen LogP contribution >= 0.6 is 33.1 Å². The van der Waals surface area contributed by atoms with Gasteiger partial charge in [0, 0.05) is 11.5 Å². The number of aliphatic hydroxyl groups is 1. The van der Waals surface area contributed by atoms with E-state index in [4.69, 9.17) is 14.9 Å². The minimum absolute atomic E-state index is 0.0207. The van der Waals surface area contributed by atoms with E-state index in [9.17, 15) is 4.57 Å². The van der Waals surface area contributed by atoms with E-state index in [1.807, 2.05) is 0 Å². The Morgan fingerprint density at radius 1 is 1.33 bits per heavy atom. The van der Waals surface area contributed by atoms with E-state index in [0.717, 1.165) is 0 Å². The summed E-state index contributed by atoms with van der Waals surface area (Å²) in [4.78, 5) is 16.8. The monoisotopic (exact) mass is 234 g/mol. The van der Waals surface area contributed by atoms with Crippen LogP contribution in [0.25, 0.3) is 0 Å². The largest absolute Gasteiger partial charge is 0.469 e. The summed E-state index contributed by atoms with van der Waals surface area (Å²) in [6, 6.07) is 0. The summed E-state index contributed by atoms with van der Waals surface area (Å²) in [5.41, 5.74) is 0. The minimum atomic E-state index is -4.55. The molecule has 0 heterocycles. The van der Waals surface area contributed by atoms with Crippen molar-refractivity contribution in [1.29, 1.82) is 0 Å². The van der Waals surface area contributed by atoms with E-state index in [-0.39, 0.29) is 11.5 Å². The molecule has 0 aliphatic rings. The van der Waals surface area contributed by atoms with Gasteiger partial charge in [0.2, 0.25) is 0 Å². The minimum Gasteiger partial charge on any atom is -0.390 e. The fourth-order valence-electron chi connectivity index (χ4n) is 0.519. The van der Waals surface area contributed by atoms with Gasteiger partial charge in [-0.1, -0.05) is 0 Å². The van der Waals surface area contributed by atoms with Crippen molar-refractivity contribution in [2.45, 2.75) is 12.2 Å². The average Bonchev–Trinajstić information content (AvgIpc) is 1.97. The summed E-state index contributed by atoms with van der Waals surface area (Å²) in [6.45, 7) is 0. The lowest BCUT2D eigenvalue weighted by Crippen LogP contribution is -2.31. The van der Waals surface area contributed by atoms with Crippen LogP contribution in [0.5, 0.6) is 0 Å². The van der Waals surface area contributed by atoms with Crippen LogP contribution in [0, 0.1) is 0 Å². The molecule has 3 N–H and O–H groups in total. The van der Waals surface area contributed by atoms with Crippen LogP contribution in [0.1, 0.15) is 0 Å². The molecule has 8 heteroatoms. The SMILES string of the molecule is O=P(O)(O)O[C@H](CS)[C@H](O)CS. The molecule has 0 aromatic carbocycles. The number of rotatable bonds is 5. The third-order valence-electron chi connectivity index (χ3n) is 1.07. The van der Waals surface area contributed by atoms with Crippen LogP contribution in [0.3, 0.4) is 0 Å². The van der Waals surface area contributed by atoms with Crippen LogP contribution in [-0.4, -0.2) is 38.6 Å². The smallest absolute Gasteiger partial charge is 0.390 e. The zero-order valence-electron chi connectivity index (χ0n) is 6.07. The van der Waals surface area contributed by atoms with Crippen molar-refractivity contribution >= 4 is 33.1 Å². The second-order valence-electron chi connectivity index (χ2n) is 2.07. The van der Waals surface area contributed by atoms with Crippen LogP contribution < -0.4 is 0 Å². The van der Waals surface area contributed by atoms with Crippen LogP contribution in [-0.2, 0) is 9.09 Å². The zero-order chi connectivity index (χ0) is 9.78. The standard InChI is InChI=1S/C4H11O5PS2/c5-3(1-11)4(2-12)9-10(6,7)8/h3-5,11-12H,1-2H2,(H2,6,7,8)/t3-,4-/m1/s1. The van der Waals surface area contributed by atoms with E-state index in [0.29, 0.717) is 0 Å². The molecule has 0 aliphatic carbocycles. The molecule has 0 bridgehead atoms. The number of thiol groups is 2. The van der Waals surface area contributed by atoms with Crippen molar-refractivity contribution in [3.63, 3.8) is 0 Å². The van der Waals surface area contributed by atoms with Gasteiger partial charge in [-0.15, -0.1) is 0 Å². The Balaban J connectivity index is 4.09. The molecule has 0 radical (unpaired) electrons. The molecule has 5 nitrogen and oxygen atoms in total. The van der Waals surface area contributed by atoms with E-state index >= 15 is 0 Å². The molecular formula is C4H11O5PS2. The van der Waals surface area contributed by atoms with Gasteiger partial charge >= 0.3 is 7.82 Å². The summed E-state index contributed by atoms with van der Waals surface area (Å²) in [7, 11) is -4.55. The van der Waals surface area contributed by atoms with Gasteiger partial charge in [0.15, 0.2) is 0 Å². The first kappa shape index (κ1) is 12.8. The zero-order valence-corrected chi connectivity index (χ0v) is 8.75. The Hall–Kier alpha value is 0.770. The molecule has 0 amide bonds. The van der Waals surface area contributed by atoms with Gasteiger partial charge < -0.3 is 14.9 Å². The van der Waals surface area contributed by atoms with Crippen molar-refractivity contribution < 1.29 is 24.0 Å². The van der Waals surface area contributed by atoms with Crippen LogP contribution in [0.4, 0.5) is 0 Å². The molecule has 0 aromatic rings. The van der Waals surface area contributed by atoms with E-state index < -0.39 is 20.0 Å². The fraction of sp³-hybridized carbons (Fsp3) is 1.00. The van der Waals surface area contributed by atoms with Gasteiger partial charge in [0.1, 0.15) is 6.10 Å². The quantitative estimate of drug-likeness (QED) is 0.332. The average molecular weight is 234 g/mol. The first-order valence-corrected chi connectivity index (χ1v) is 5.84. The maximum Gasteiger partial charge on any atom is 0.469 e. The Morgan fingerprint density at radius 3 is 2.08 bits per heavy atom. The summed E-state index contributed by atoms with van der Waals surface area (Å²) in [6.07, 6.45) is -2.02. The lowest BCUT2D eigenvalue weighted by atomic mass is 10.3. The second-order valence-corrected chi connectivity index (χ2v) is 3.99. The summed E-state index contributed by atoms with van der Waals surface area (Å²) in [5, 5.41) is 9.09. The molecule has 74 valence electrons. The molecule has 0 aliphatic heterocycles. The van der Waals surface area contributed by atoms with E-state index in [2.05, 4.69) is 29.8 Å². The Labute approximate surface area is 81.2 Å². The summed E-state index contributed by atoms with van der Waals surface area (Å²) in [5.74, 6) is 0.0814. The molecular weight excluding hydrogens is 223 g/mol. The predicted octanol–water partition coefficient (Wildman–Crippen LogP) is -0.315. The second kappa shape index (κ2) is 5.49. The molecule has 0 saturated heterocycles. The van der Waals surface area contributed by atoms with Crippen LogP contribution in [0.15, 0.2) is 0 Å². The summed E-state index contributed by atoms with van der Waals surface area (Å²) < 4.78 is 14.6. The number of phosphoric acid groups is 1. The number of hydrogen-bond donors (Lipinski definition) is 5. The van der Waals surface area contributed by atoms with Gasteiger partial charge in [-0.2, -0.15) is 25.3 Å². The van der Waals surface area contributed by atoms with Crippen molar-refractivity contribution in [2.24, 2.45) is 0 Å². The highest BCUT2D eigenvalue weighted by atomic mass is 32.1. The van der Waals surface area contributed by atoms with Gasteiger partial charge in [0.05, 0.1) is 6.10 Å². The molecule has 0 unspecified atom stereocenters. The molecule has 0 saturated carbocycles. The Morgan fingerprint density at radius 2 is 1.83 bits per heavy atom. The highest BCUT2D eigenvalue weighted by Gasteiger charge is 2.26. The molecule has 12 heavy (non-hydrogen) atoms. The predicted molar refractivity (Wildman–Crippen MR) is 50.6 cm³/mol. The van der Waals surface area contributed by atoms with E-state index in [1.165, 1.54) is 0 Å². The van der Waals surface area contributed by atoms with E-state index in [1.54, 1.807) is 0 Å². The lowest BCUT2D eigenvalue weighted by Gasteiger charge is -2.19. The maximum atomic E-state index is 10.3. The lowest BCUT2D eigenvalue weighted by molar-refractivity contribution is 0.0442. The van der Waals surface area contributed by atoms with Crippen molar-refractivity contribution in [2.75, 3.05) is 11.5 Å². The number of hydrogen-bond acceptors (Lipinski definition) is 5. The first-order chi connectivity index (χ1) is 5.40. The Bertz CT molecular complexity index is 171. The molecule has 0 fully saturated rings. The fourth-order valence-corrected chi connectivity index (χ4v) is 1.76. The van der Waals surface area contributed by atoms with Crippen molar-refractivity contribution in [1.82, 2.24) is 0 Å². The maximum absolute atomic E-state index is 10.3. The molecule has 2 atom stereocenters. The molecule has 0 aromatic heterocycles. The van der Waals surface area contributed by atoms with Gasteiger partial charge in [-0.25, -0.2) is 4.57 Å². The number of phosphoric ester groups is 1. The van der Waals surface area contributed by atoms with Gasteiger partial charge in [0.25, 0.3) is 0 Å². The van der Waals surface area contributed by atoms with Crippen molar-refractivity contribution in [3.05, 3.63) is 0 Å². The molecule has 0 rings (SSSR count). The first-order valence-electron chi connectivity index (χ1n) is 3.04. The highest BCUT2D eigenvalue weighted by molar-refractivity contribution is 7.80. The highest BCUT2D eigenvalue weighted by Crippen LogP contribution is 2.38. The number of aliphatic hydroxyl groups excluding tert-OH is 1.